The van der Waals surface area contributed by atoms with Crippen molar-refractivity contribution in [3.63, 3.8) is 0 Å². The Hall–Kier alpha value is -1.27. The molecule has 0 aromatic heterocycles. The lowest BCUT2D eigenvalue weighted by molar-refractivity contribution is -0.00517. The van der Waals surface area contributed by atoms with Crippen molar-refractivity contribution in [2.24, 2.45) is 5.92 Å². The molecule has 1 saturated carbocycles. The molecule has 1 saturated heterocycles. The van der Waals surface area contributed by atoms with Gasteiger partial charge in [0.05, 0.1) is 29.3 Å². The molecule has 2 fully saturated rings. The first kappa shape index (κ1) is 16.6. The number of hydrogen-bond acceptors (Lipinski definition) is 4. The molecule has 23 heavy (non-hydrogen) atoms. The van der Waals surface area contributed by atoms with Crippen LogP contribution >= 0.6 is 0 Å². The van der Waals surface area contributed by atoms with E-state index in [0.717, 1.165) is 25.2 Å². The van der Waals surface area contributed by atoms with E-state index in [-0.39, 0.29) is 18.0 Å². The van der Waals surface area contributed by atoms with E-state index < -0.39 is 10.0 Å². The number of morpholine rings is 1. The van der Waals surface area contributed by atoms with Crippen LogP contribution in [-0.4, -0.2) is 39.5 Å². The van der Waals surface area contributed by atoms with Crippen LogP contribution in [0, 0.1) is 5.92 Å². The van der Waals surface area contributed by atoms with E-state index in [1.807, 2.05) is 38.1 Å². The Morgan fingerprint density at radius 2 is 1.83 bits per heavy atom. The Morgan fingerprint density at radius 1 is 1.17 bits per heavy atom. The van der Waals surface area contributed by atoms with E-state index in [1.54, 1.807) is 0 Å². The molecule has 2 aliphatic rings. The van der Waals surface area contributed by atoms with Crippen LogP contribution < -0.4 is 9.62 Å². The summed E-state index contributed by atoms with van der Waals surface area (Å²) in [6.07, 6.45) is 3.39. The van der Waals surface area contributed by atoms with Crippen molar-refractivity contribution in [3.8, 4) is 0 Å². The number of anilines is 2. The van der Waals surface area contributed by atoms with Crippen LogP contribution in [0.5, 0.6) is 0 Å². The highest BCUT2D eigenvalue weighted by molar-refractivity contribution is 7.92. The van der Waals surface area contributed by atoms with Gasteiger partial charge >= 0.3 is 0 Å². The summed E-state index contributed by atoms with van der Waals surface area (Å²) in [5, 5.41) is 0. The molecule has 1 aromatic carbocycles. The van der Waals surface area contributed by atoms with Gasteiger partial charge in [-0.15, -0.1) is 0 Å². The smallest absolute Gasteiger partial charge is 0.232 e. The number of nitrogens with zero attached hydrogens (tertiary/aromatic N) is 1. The summed E-state index contributed by atoms with van der Waals surface area (Å²) in [6, 6.07) is 7.63. The van der Waals surface area contributed by atoms with Gasteiger partial charge in [-0.25, -0.2) is 8.42 Å². The monoisotopic (exact) mass is 338 g/mol. The van der Waals surface area contributed by atoms with Crippen molar-refractivity contribution < 1.29 is 13.2 Å². The molecule has 1 N–H and O–H groups in total. The fourth-order valence-corrected chi connectivity index (χ4v) is 4.41. The molecule has 1 aromatic rings. The number of ether oxygens (including phenoxy) is 1. The van der Waals surface area contributed by atoms with Crippen LogP contribution in [0.1, 0.15) is 33.1 Å². The zero-order chi connectivity index (χ0) is 16.4. The number of sulfonamides is 1. The summed E-state index contributed by atoms with van der Waals surface area (Å²) in [5.41, 5.74) is 1.61. The lowest BCUT2D eigenvalue weighted by Crippen LogP contribution is -2.45. The summed E-state index contributed by atoms with van der Waals surface area (Å²) in [5.74, 6) is 0.824. The summed E-state index contributed by atoms with van der Waals surface area (Å²) in [4.78, 5) is 2.21. The standard InChI is InChI=1S/C17H26N2O3S/c1-13-11-19(12-14(2)22-13)17-6-4-3-5-16(17)18-23(20,21)10-9-15-7-8-15/h3-6,13-15,18H,7-12H2,1-2H3/t13-,14-/m1/s1. The summed E-state index contributed by atoms with van der Waals surface area (Å²) < 4.78 is 33.2. The predicted octanol–water partition coefficient (Wildman–Crippen LogP) is 2.84. The summed E-state index contributed by atoms with van der Waals surface area (Å²) in [7, 11) is -3.29. The molecule has 1 aliphatic carbocycles. The third kappa shape index (κ3) is 4.61. The van der Waals surface area contributed by atoms with Gasteiger partial charge in [0.25, 0.3) is 0 Å². The molecule has 2 atom stereocenters. The van der Waals surface area contributed by atoms with Gasteiger partial charge in [-0.3, -0.25) is 4.72 Å². The van der Waals surface area contributed by atoms with Crippen LogP contribution in [0.25, 0.3) is 0 Å². The first-order valence-corrected chi connectivity index (χ1v) is 10.1. The molecule has 3 rings (SSSR count). The molecule has 0 spiro atoms. The average molecular weight is 338 g/mol. The number of benzene rings is 1. The molecule has 128 valence electrons. The van der Waals surface area contributed by atoms with Crippen molar-refractivity contribution >= 4 is 21.4 Å². The minimum absolute atomic E-state index is 0.137. The average Bonchev–Trinajstić information content (AvgIpc) is 3.28. The molecule has 1 aliphatic heterocycles. The number of hydrogen-bond donors (Lipinski definition) is 1. The topological polar surface area (TPSA) is 58.6 Å². The van der Waals surface area contributed by atoms with Crippen LogP contribution in [0.3, 0.4) is 0 Å². The SMILES string of the molecule is C[C@@H]1CN(c2ccccc2NS(=O)(=O)CCC2CC2)C[C@@H](C)O1. The molecule has 1 heterocycles. The van der Waals surface area contributed by atoms with Crippen molar-refractivity contribution in [2.75, 3.05) is 28.5 Å². The second-order valence-corrected chi connectivity index (χ2v) is 8.67. The Morgan fingerprint density at radius 3 is 2.48 bits per heavy atom. The molecule has 6 heteroatoms. The van der Waals surface area contributed by atoms with Gasteiger partial charge in [0.2, 0.25) is 10.0 Å². The van der Waals surface area contributed by atoms with E-state index in [4.69, 9.17) is 4.74 Å². The minimum Gasteiger partial charge on any atom is -0.372 e. The van der Waals surface area contributed by atoms with E-state index in [9.17, 15) is 8.42 Å². The highest BCUT2D eigenvalue weighted by Gasteiger charge is 2.26. The lowest BCUT2D eigenvalue weighted by atomic mass is 10.2. The van der Waals surface area contributed by atoms with Crippen molar-refractivity contribution in [2.45, 2.75) is 45.3 Å². The van der Waals surface area contributed by atoms with E-state index in [1.165, 1.54) is 12.8 Å². The van der Waals surface area contributed by atoms with E-state index in [0.29, 0.717) is 11.6 Å². The minimum atomic E-state index is -3.29. The highest BCUT2D eigenvalue weighted by atomic mass is 32.2. The second-order valence-electron chi connectivity index (χ2n) is 6.83. The van der Waals surface area contributed by atoms with E-state index in [2.05, 4.69) is 9.62 Å². The Balaban J connectivity index is 1.74. The Labute approximate surface area is 139 Å². The van der Waals surface area contributed by atoms with Gasteiger partial charge in [0.15, 0.2) is 0 Å². The molecule has 0 unspecified atom stereocenters. The Bertz CT molecular complexity index is 633. The van der Waals surface area contributed by atoms with E-state index >= 15 is 0 Å². The maximum absolute atomic E-state index is 12.3. The number of para-hydroxylation sites is 2. The highest BCUT2D eigenvalue weighted by Crippen LogP contribution is 2.33. The fraction of sp³-hybridized carbons (Fsp3) is 0.647. The lowest BCUT2D eigenvalue weighted by Gasteiger charge is -2.37. The molecular formula is C17H26N2O3S. The quantitative estimate of drug-likeness (QED) is 0.866. The van der Waals surface area contributed by atoms with Gasteiger partial charge in [-0.05, 0) is 38.3 Å². The third-order valence-electron chi connectivity index (χ3n) is 4.42. The van der Waals surface area contributed by atoms with Crippen LogP contribution in [0.4, 0.5) is 11.4 Å². The van der Waals surface area contributed by atoms with Gasteiger partial charge in [-0.2, -0.15) is 0 Å². The van der Waals surface area contributed by atoms with Gasteiger partial charge in [0.1, 0.15) is 0 Å². The van der Waals surface area contributed by atoms with Crippen LogP contribution in [0.15, 0.2) is 24.3 Å². The summed E-state index contributed by atoms with van der Waals surface area (Å²) >= 11 is 0. The normalized spacial score (nSPS) is 25.4. The van der Waals surface area contributed by atoms with Crippen molar-refractivity contribution in [1.82, 2.24) is 0 Å². The molecule has 0 amide bonds. The largest absolute Gasteiger partial charge is 0.372 e. The zero-order valence-electron chi connectivity index (χ0n) is 13.9. The Kier molecular flexibility index (Phi) is 4.82. The van der Waals surface area contributed by atoms with Crippen LogP contribution in [0.2, 0.25) is 0 Å². The molecular weight excluding hydrogens is 312 g/mol. The van der Waals surface area contributed by atoms with Gasteiger partial charge in [-0.1, -0.05) is 25.0 Å². The van der Waals surface area contributed by atoms with Gasteiger partial charge < -0.3 is 9.64 Å². The molecule has 0 bridgehead atoms. The summed E-state index contributed by atoms with van der Waals surface area (Å²) in [6.45, 7) is 5.63. The van der Waals surface area contributed by atoms with Crippen LogP contribution in [-0.2, 0) is 14.8 Å². The fourth-order valence-electron chi connectivity index (χ4n) is 3.16. The maximum Gasteiger partial charge on any atom is 0.232 e. The maximum atomic E-state index is 12.3. The van der Waals surface area contributed by atoms with Gasteiger partial charge in [0, 0.05) is 13.1 Å². The first-order chi connectivity index (χ1) is 10.9. The third-order valence-corrected chi connectivity index (χ3v) is 5.73. The zero-order valence-corrected chi connectivity index (χ0v) is 14.7. The van der Waals surface area contributed by atoms with Crippen molar-refractivity contribution in [1.29, 1.82) is 0 Å². The molecule has 0 radical (unpaired) electrons. The second kappa shape index (κ2) is 6.69. The molecule has 5 nitrogen and oxygen atoms in total. The predicted molar refractivity (Wildman–Crippen MR) is 93.4 cm³/mol. The number of rotatable bonds is 6. The number of nitrogens with one attached hydrogen (secondary N) is 1. The first-order valence-electron chi connectivity index (χ1n) is 8.43. The van der Waals surface area contributed by atoms with Crippen molar-refractivity contribution in [3.05, 3.63) is 24.3 Å².